The number of H-pyrrole nitrogens is 1. The van der Waals surface area contributed by atoms with Crippen molar-refractivity contribution in [3.8, 4) is 11.4 Å². The van der Waals surface area contributed by atoms with Crippen molar-refractivity contribution in [2.24, 2.45) is 0 Å². The van der Waals surface area contributed by atoms with Crippen LogP contribution in [0.15, 0.2) is 36.7 Å². The number of nitrogens with zero attached hydrogens (tertiary/aromatic N) is 1. The molecule has 0 radical (unpaired) electrons. The minimum Gasteiger partial charge on any atom is -0.345 e. The van der Waals surface area contributed by atoms with E-state index in [9.17, 15) is 4.39 Å². The summed E-state index contributed by atoms with van der Waals surface area (Å²) in [4.78, 5) is 7.09. The predicted molar refractivity (Wildman–Crippen MR) is 53.5 cm³/mol. The molecular weight excluding hydrogens is 179 g/mol. The van der Waals surface area contributed by atoms with Crippen molar-refractivity contribution < 1.29 is 4.39 Å². The van der Waals surface area contributed by atoms with Crippen LogP contribution in [0.2, 0.25) is 0 Å². The lowest BCUT2D eigenvalue weighted by Crippen LogP contribution is -1.87. The van der Waals surface area contributed by atoms with Gasteiger partial charge in [0, 0.05) is 18.0 Å². The summed E-state index contributed by atoms with van der Waals surface area (Å²) in [5.74, 6) is 0.771. The van der Waals surface area contributed by atoms with E-state index in [-0.39, 0.29) is 0 Å². The van der Waals surface area contributed by atoms with Gasteiger partial charge in [-0.15, -0.1) is 0 Å². The van der Waals surface area contributed by atoms with Crippen LogP contribution in [0.1, 0.15) is 18.7 Å². The van der Waals surface area contributed by atoms with Crippen molar-refractivity contribution >= 4 is 0 Å². The average molecular weight is 190 g/mol. The molecule has 0 amide bonds. The van der Waals surface area contributed by atoms with E-state index in [0.29, 0.717) is 5.56 Å². The molecule has 0 saturated carbocycles. The molecule has 1 aromatic carbocycles. The Labute approximate surface area is 81.8 Å². The molecule has 0 aliphatic rings. The molecule has 1 heterocycles. The number of imidazole rings is 1. The number of aromatic nitrogens is 2. The highest BCUT2D eigenvalue weighted by Crippen LogP contribution is 2.21. The number of nitrogens with one attached hydrogen (secondary N) is 1. The summed E-state index contributed by atoms with van der Waals surface area (Å²) < 4.78 is 13.0. The molecule has 1 unspecified atom stereocenters. The normalized spacial score (nSPS) is 12.7. The first-order valence-electron chi connectivity index (χ1n) is 4.51. The maximum atomic E-state index is 13.0. The fraction of sp³-hybridized carbons (Fsp3) is 0.182. The predicted octanol–water partition coefficient (Wildman–Crippen LogP) is 3.11. The lowest BCUT2D eigenvalue weighted by atomic mass is 10.1. The highest BCUT2D eigenvalue weighted by Gasteiger charge is 2.05. The minimum absolute atomic E-state index is 0.680. The van der Waals surface area contributed by atoms with Crippen LogP contribution in [0.5, 0.6) is 0 Å². The SMILES string of the molecule is CC(F)c1cccc(-c2ncc[nH]2)c1. The molecule has 0 spiro atoms. The van der Waals surface area contributed by atoms with E-state index in [1.807, 2.05) is 18.2 Å². The Balaban J connectivity index is 2.41. The summed E-state index contributed by atoms with van der Waals surface area (Å²) in [6, 6.07) is 7.33. The number of benzene rings is 1. The molecule has 2 rings (SSSR count). The van der Waals surface area contributed by atoms with Crippen molar-refractivity contribution in [2.45, 2.75) is 13.1 Å². The van der Waals surface area contributed by atoms with Crippen molar-refractivity contribution in [2.75, 3.05) is 0 Å². The van der Waals surface area contributed by atoms with E-state index in [0.717, 1.165) is 11.4 Å². The van der Waals surface area contributed by atoms with Gasteiger partial charge in [0.1, 0.15) is 12.0 Å². The van der Waals surface area contributed by atoms with Gasteiger partial charge in [0.15, 0.2) is 0 Å². The van der Waals surface area contributed by atoms with Crippen LogP contribution in [0.4, 0.5) is 4.39 Å². The Morgan fingerprint density at radius 3 is 2.93 bits per heavy atom. The van der Waals surface area contributed by atoms with Crippen molar-refractivity contribution in [1.82, 2.24) is 9.97 Å². The van der Waals surface area contributed by atoms with E-state index in [1.165, 1.54) is 6.92 Å². The van der Waals surface area contributed by atoms with Crippen LogP contribution < -0.4 is 0 Å². The zero-order valence-corrected chi connectivity index (χ0v) is 7.87. The third-order valence-corrected chi connectivity index (χ3v) is 2.12. The molecule has 0 aliphatic carbocycles. The van der Waals surface area contributed by atoms with Crippen LogP contribution in [-0.4, -0.2) is 9.97 Å². The second kappa shape index (κ2) is 3.62. The monoisotopic (exact) mass is 190 g/mol. The average Bonchev–Trinajstić information content (AvgIpc) is 2.71. The maximum absolute atomic E-state index is 13.0. The van der Waals surface area contributed by atoms with Crippen molar-refractivity contribution in [3.63, 3.8) is 0 Å². The summed E-state index contributed by atoms with van der Waals surface area (Å²) in [6.07, 6.45) is 2.49. The Morgan fingerprint density at radius 2 is 2.29 bits per heavy atom. The van der Waals surface area contributed by atoms with Gasteiger partial charge in [0.25, 0.3) is 0 Å². The molecule has 0 saturated heterocycles. The Morgan fingerprint density at radius 1 is 1.43 bits per heavy atom. The fourth-order valence-corrected chi connectivity index (χ4v) is 1.36. The van der Waals surface area contributed by atoms with Gasteiger partial charge in [-0.1, -0.05) is 18.2 Å². The molecule has 2 nitrogen and oxygen atoms in total. The number of aromatic amines is 1. The molecular formula is C11H11FN2. The third kappa shape index (κ3) is 1.66. The van der Waals surface area contributed by atoms with E-state index in [4.69, 9.17) is 0 Å². The van der Waals surface area contributed by atoms with Crippen LogP contribution in [0.3, 0.4) is 0 Å². The smallest absolute Gasteiger partial charge is 0.137 e. The minimum atomic E-state index is -0.940. The van der Waals surface area contributed by atoms with Crippen LogP contribution in [0.25, 0.3) is 11.4 Å². The first kappa shape index (κ1) is 8.94. The Kier molecular flexibility index (Phi) is 2.31. The Hall–Kier alpha value is -1.64. The zero-order chi connectivity index (χ0) is 9.97. The van der Waals surface area contributed by atoms with Crippen molar-refractivity contribution in [3.05, 3.63) is 42.2 Å². The number of rotatable bonds is 2. The number of hydrogen-bond acceptors (Lipinski definition) is 1. The van der Waals surface area contributed by atoms with Gasteiger partial charge in [-0.05, 0) is 18.6 Å². The first-order valence-corrected chi connectivity index (χ1v) is 4.51. The van der Waals surface area contributed by atoms with Gasteiger partial charge in [0.05, 0.1) is 0 Å². The van der Waals surface area contributed by atoms with E-state index in [1.54, 1.807) is 18.5 Å². The summed E-state index contributed by atoms with van der Waals surface area (Å²) in [5, 5.41) is 0. The standard InChI is InChI=1S/C11H11FN2/c1-8(12)9-3-2-4-10(7-9)11-13-5-6-14-11/h2-8H,1H3,(H,13,14). The zero-order valence-electron chi connectivity index (χ0n) is 7.87. The summed E-state index contributed by atoms with van der Waals surface area (Å²) in [5.41, 5.74) is 1.59. The fourth-order valence-electron chi connectivity index (χ4n) is 1.36. The maximum Gasteiger partial charge on any atom is 0.137 e. The quantitative estimate of drug-likeness (QED) is 0.774. The molecule has 3 heteroatoms. The first-order chi connectivity index (χ1) is 6.77. The third-order valence-electron chi connectivity index (χ3n) is 2.12. The van der Waals surface area contributed by atoms with Gasteiger partial charge in [-0.2, -0.15) is 0 Å². The van der Waals surface area contributed by atoms with Gasteiger partial charge in [-0.25, -0.2) is 9.37 Å². The second-order valence-corrected chi connectivity index (χ2v) is 3.18. The van der Waals surface area contributed by atoms with Gasteiger partial charge in [0.2, 0.25) is 0 Å². The molecule has 1 atom stereocenters. The molecule has 0 aliphatic heterocycles. The van der Waals surface area contributed by atoms with Crippen LogP contribution in [-0.2, 0) is 0 Å². The van der Waals surface area contributed by atoms with Crippen LogP contribution in [0, 0.1) is 0 Å². The second-order valence-electron chi connectivity index (χ2n) is 3.18. The Bertz CT molecular complexity index is 407. The number of halogens is 1. The lowest BCUT2D eigenvalue weighted by molar-refractivity contribution is 0.374. The number of alkyl halides is 1. The largest absolute Gasteiger partial charge is 0.345 e. The van der Waals surface area contributed by atoms with Gasteiger partial charge >= 0.3 is 0 Å². The highest BCUT2D eigenvalue weighted by atomic mass is 19.1. The molecule has 14 heavy (non-hydrogen) atoms. The van der Waals surface area contributed by atoms with E-state index in [2.05, 4.69) is 9.97 Å². The van der Waals surface area contributed by atoms with Crippen molar-refractivity contribution in [1.29, 1.82) is 0 Å². The summed E-state index contributed by atoms with van der Waals surface area (Å²) in [7, 11) is 0. The lowest BCUT2D eigenvalue weighted by Gasteiger charge is -2.03. The summed E-state index contributed by atoms with van der Waals surface area (Å²) >= 11 is 0. The van der Waals surface area contributed by atoms with Crippen LogP contribution >= 0.6 is 0 Å². The molecule has 0 fully saturated rings. The molecule has 72 valence electrons. The van der Waals surface area contributed by atoms with E-state index >= 15 is 0 Å². The summed E-state index contributed by atoms with van der Waals surface area (Å²) in [6.45, 7) is 1.53. The molecule has 2 aromatic rings. The topological polar surface area (TPSA) is 28.7 Å². The molecule has 0 bridgehead atoms. The number of hydrogen-bond donors (Lipinski definition) is 1. The van der Waals surface area contributed by atoms with Gasteiger partial charge < -0.3 is 4.98 Å². The van der Waals surface area contributed by atoms with Gasteiger partial charge in [-0.3, -0.25) is 0 Å². The molecule has 1 aromatic heterocycles. The highest BCUT2D eigenvalue weighted by molar-refractivity contribution is 5.56. The molecule has 1 N–H and O–H groups in total. The van der Waals surface area contributed by atoms with E-state index < -0.39 is 6.17 Å².